The van der Waals surface area contributed by atoms with Crippen LogP contribution in [-0.4, -0.2) is 73.7 Å². The van der Waals surface area contributed by atoms with Crippen LogP contribution in [0.1, 0.15) is 45.2 Å². The fourth-order valence-electron chi connectivity index (χ4n) is 4.41. The molecule has 2 unspecified atom stereocenters. The Balaban J connectivity index is 1.41. The van der Waals surface area contributed by atoms with Gasteiger partial charge >= 0.3 is 0 Å². The molecule has 0 bridgehead atoms. The Bertz CT molecular complexity index is 1660. The van der Waals surface area contributed by atoms with Gasteiger partial charge in [0.1, 0.15) is 5.01 Å². The molecule has 0 saturated carbocycles. The lowest BCUT2D eigenvalue weighted by atomic mass is 10.0. The largest absolute Gasteiger partial charge is 0.422 e. The van der Waals surface area contributed by atoms with Gasteiger partial charge in [-0.1, -0.05) is 18.2 Å². The van der Waals surface area contributed by atoms with Crippen molar-refractivity contribution in [1.82, 2.24) is 30.3 Å². The number of thiazole rings is 1. The molecule has 0 radical (unpaired) electrons. The molecule has 13 nitrogen and oxygen atoms in total. The molecule has 2 aromatic carbocycles. The van der Waals surface area contributed by atoms with Crippen molar-refractivity contribution in [3.63, 3.8) is 0 Å². The molecule has 1 saturated heterocycles. The number of aliphatic hydroxyl groups excluding tert-OH is 1. The number of benzene rings is 2. The molecule has 2 aromatic heterocycles. The lowest BCUT2D eigenvalue weighted by Gasteiger charge is -2.29. The Hall–Kier alpha value is -3.12. The third-order valence-electron chi connectivity index (χ3n) is 6.36. The predicted molar refractivity (Wildman–Crippen MR) is 148 cm³/mol. The molecule has 1 amide bonds. The second-order valence-electron chi connectivity index (χ2n) is 9.29. The number of carbonyl (C=O) groups is 1. The number of aliphatic hydroxyl groups is 1. The van der Waals surface area contributed by atoms with E-state index in [-0.39, 0.29) is 35.3 Å². The number of nitrogens with one attached hydrogen (secondary N) is 2. The monoisotopic (exact) mass is 606 g/mol. The third-order valence-corrected chi connectivity index (χ3v) is 9.19. The molecule has 4 aromatic rings. The van der Waals surface area contributed by atoms with Crippen molar-refractivity contribution in [3.05, 3.63) is 64.8 Å². The van der Waals surface area contributed by atoms with E-state index in [1.165, 1.54) is 11.3 Å². The van der Waals surface area contributed by atoms with Gasteiger partial charge in [0.2, 0.25) is 23.0 Å². The van der Waals surface area contributed by atoms with Gasteiger partial charge in [0.15, 0.2) is 15.1 Å². The van der Waals surface area contributed by atoms with Gasteiger partial charge in [-0.25, -0.2) is 23.0 Å². The summed E-state index contributed by atoms with van der Waals surface area (Å²) < 4.78 is 51.2. The molecule has 1 aliphatic heterocycles. The Morgan fingerprint density at radius 1 is 1.20 bits per heavy atom. The smallest absolute Gasteiger partial charge is 0.253 e. The van der Waals surface area contributed by atoms with Gasteiger partial charge in [-0.2, -0.15) is 4.83 Å². The van der Waals surface area contributed by atoms with Gasteiger partial charge in [0.05, 0.1) is 22.9 Å². The van der Waals surface area contributed by atoms with E-state index in [2.05, 4.69) is 20.6 Å². The molecule has 0 spiro atoms. The van der Waals surface area contributed by atoms with E-state index in [9.17, 15) is 22.5 Å². The zero-order chi connectivity index (χ0) is 28.4. The summed E-state index contributed by atoms with van der Waals surface area (Å²) in [6, 6.07) is 12.8. The second kappa shape index (κ2) is 11.8. The highest BCUT2D eigenvalue weighted by atomic mass is 32.2. The number of rotatable bonds is 9. The van der Waals surface area contributed by atoms with Gasteiger partial charge in [0.25, 0.3) is 5.91 Å². The highest BCUT2D eigenvalue weighted by Gasteiger charge is 2.34. The highest BCUT2D eigenvalue weighted by molar-refractivity contribution is 7.91. The van der Waals surface area contributed by atoms with Gasteiger partial charge in [-0.15, -0.1) is 21.5 Å². The number of aromatic nitrogens is 3. The summed E-state index contributed by atoms with van der Waals surface area (Å²) in [4.78, 5) is 21.4. The van der Waals surface area contributed by atoms with Crippen LogP contribution in [0.15, 0.2) is 46.9 Å². The molecule has 3 heterocycles. The zero-order valence-electron chi connectivity index (χ0n) is 21.2. The van der Waals surface area contributed by atoms with Crippen LogP contribution in [0.3, 0.4) is 0 Å². The number of carbonyl (C=O) groups excluding carboxylic acids is 1. The first-order valence-corrected chi connectivity index (χ1v) is 16.0. The van der Waals surface area contributed by atoms with Crippen LogP contribution < -0.4 is 10.3 Å². The first-order chi connectivity index (χ1) is 19.1. The second-order valence-corrected chi connectivity index (χ2v) is 13.2. The molecule has 5 rings (SSSR count). The Morgan fingerprint density at radius 3 is 2.67 bits per heavy atom. The van der Waals surface area contributed by atoms with Crippen LogP contribution in [0, 0.1) is 0 Å². The Morgan fingerprint density at radius 2 is 1.95 bits per heavy atom. The van der Waals surface area contributed by atoms with E-state index in [1.807, 2.05) is 35.2 Å². The van der Waals surface area contributed by atoms with Crippen LogP contribution >= 0.6 is 11.3 Å². The van der Waals surface area contributed by atoms with Crippen molar-refractivity contribution >= 4 is 48.6 Å². The molecular weight excluding hydrogens is 581 g/mol. The van der Waals surface area contributed by atoms with Crippen LogP contribution in [0.5, 0.6) is 0 Å². The average Bonchev–Trinajstić information content (AvgIpc) is 3.54. The quantitative estimate of drug-likeness (QED) is 0.161. The topological polar surface area (TPSA) is 188 Å². The van der Waals surface area contributed by atoms with E-state index in [0.717, 1.165) is 22.1 Å². The normalized spacial score (nSPS) is 16.3. The number of amides is 1. The molecular formula is C24H26N6O7S3. The lowest BCUT2D eigenvalue weighted by Crippen LogP contribution is -2.40. The van der Waals surface area contributed by atoms with E-state index in [0.29, 0.717) is 37.0 Å². The standard InChI is InChI=1S/C24H26N6O7S3/c1-40(35,36)21(22-28-27-20(37-22)13-25-29-39(33)34)23-26-18-6-5-15(12-19(18)38-23)14-3-2-4-16(11-14)24(32)30-9-7-17(31)8-10-30/h2-6,11-12,17,21,25,29,31H,7-10,13H2,1H3,(H,33,34). The number of hydrogen-bond acceptors (Lipinski definition) is 11. The summed E-state index contributed by atoms with van der Waals surface area (Å²) in [5, 5.41) is 16.4. The number of nitrogens with zero attached hydrogens (tertiary/aromatic N) is 4. The number of fused-ring (bicyclic) bond motifs is 1. The van der Waals surface area contributed by atoms with Crippen molar-refractivity contribution in [3.8, 4) is 11.1 Å². The maximum absolute atomic E-state index is 13.0. The predicted octanol–water partition coefficient (Wildman–Crippen LogP) is 1.81. The summed E-state index contributed by atoms with van der Waals surface area (Å²) >= 11 is -1.12. The molecule has 1 aliphatic rings. The van der Waals surface area contributed by atoms with Crippen molar-refractivity contribution in [2.24, 2.45) is 0 Å². The molecule has 2 atom stereocenters. The fraction of sp³-hybridized carbons (Fsp3) is 0.333. The van der Waals surface area contributed by atoms with E-state index in [4.69, 9.17) is 8.97 Å². The van der Waals surface area contributed by atoms with E-state index >= 15 is 0 Å². The Kier molecular flexibility index (Phi) is 8.37. The molecule has 0 aliphatic carbocycles. The fourth-order valence-corrected chi connectivity index (χ4v) is 7.13. The number of hydrazine groups is 1. The van der Waals surface area contributed by atoms with Gasteiger partial charge < -0.3 is 14.4 Å². The van der Waals surface area contributed by atoms with Crippen LogP contribution in [0.25, 0.3) is 21.3 Å². The minimum Gasteiger partial charge on any atom is -0.422 e. The number of likely N-dealkylation sites (tertiary alicyclic amines) is 1. The molecule has 4 N–H and O–H groups in total. The maximum Gasteiger partial charge on any atom is 0.253 e. The van der Waals surface area contributed by atoms with Crippen LogP contribution in [-0.2, 0) is 27.6 Å². The molecule has 40 heavy (non-hydrogen) atoms. The van der Waals surface area contributed by atoms with Crippen LogP contribution in [0.4, 0.5) is 0 Å². The summed E-state index contributed by atoms with van der Waals surface area (Å²) in [5.74, 6) is -0.235. The van der Waals surface area contributed by atoms with Crippen LogP contribution in [0.2, 0.25) is 0 Å². The van der Waals surface area contributed by atoms with Gasteiger partial charge in [0, 0.05) is 24.9 Å². The molecule has 1 fully saturated rings. The van der Waals surface area contributed by atoms with Crippen molar-refractivity contribution in [2.75, 3.05) is 19.3 Å². The third kappa shape index (κ3) is 6.43. The number of sulfone groups is 1. The van der Waals surface area contributed by atoms with Gasteiger partial charge in [-0.3, -0.25) is 9.35 Å². The maximum atomic E-state index is 13.0. The number of hydrogen-bond donors (Lipinski definition) is 4. The van der Waals surface area contributed by atoms with E-state index < -0.39 is 26.4 Å². The van der Waals surface area contributed by atoms with Gasteiger partial charge in [-0.05, 0) is 48.2 Å². The molecule has 16 heteroatoms. The first kappa shape index (κ1) is 28.4. The lowest BCUT2D eigenvalue weighted by molar-refractivity contribution is 0.0546. The van der Waals surface area contributed by atoms with E-state index in [1.54, 1.807) is 17.0 Å². The Labute approximate surface area is 235 Å². The first-order valence-electron chi connectivity index (χ1n) is 12.2. The molecule has 212 valence electrons. The van der Waals surface area contributed by atoms with Crippen molar-refractivity contribution < 1.29 is 31.5 Å². The summed E-state index contributed by atoms with van der Waals surface area (Å²) in [7, 11) is -3.76. The minimum atomic E-state index is -3.76. The summed E-state index contributed by atoms with van der Waals surface area (Å²) in [5.41, 5.74) is 5.22. The SMILES string of the molecule is CS(=O)(=O)C(c1nnc(CNNS(=O)O)o1)c1nc2ccc(-c3cccc(C(=O)N4CCC(O)CC4)c3)cc2s1. The van der Waals surface area contributed by atoms with Crippen molar-refractivity contribution in [1.29, 1.82) is 0 Å². The minimum absolute atomic E-state index is 0.0140. The highest BCUT2D eigenvalue weighted by Crippen LogP contribution is 2.36. The summed E-state index contributed by atoms with van der Waals surface area (Å²) in [6.45, 7) is 0.917. The zero-order valence-corrected chi connectivity index (χ0v) is 23.6. The summed E-state index contributed by atoms with van der Waals surface area (Å²) in [6.07, 6.45) is 1.82. The average molecular weight is 607 g/mol. The van der Waals surface area contributed by atoms with Crippen molar-refractivity contribution in [2.45, 2.75) is 30.7 Å². The number of piperidine rings is 1.